The second kappa shape index (κ2) is 7.66. The van der Waals surface area contributed by atoms with E-state index in [1.165, 1.54) is 6.08 Å². The van der Waals surface area contributed by atoms with Gasteiger partial charge in [0, 0.05) is 40.5 Å². The number of amides is 1. The predicted molar refractivity (Wildman–Crippen MR) is 113 cm³/mol. The number of hydrogen-bond donors (Lipinski definition) is 1. The minimum absolute atomic E-state index is 0.0549. The summed E-state index contributed by atoms with van der Waals surface area (Å²) in [6.07, 6.45) is 4.57. The Labute approximate surface area is 170 Å². The molecule has 0 bridgehead atoms. The largest absolute Gasteiger partial charge is 0.355 e. The van der Waals surface area contributed by atoms with Gasteiger partial charge in [0.2, 0.25) is 11.6 Å². The molecular formula is C24H24N2O3. The van der Waals surface area contributed by atoms with Gasteiger partial charge >= 0.3 is 0 Å². The number of benzene rings is 2. The average molecular weight is 388 g/mol. The van der Waals surface area contributed by atoms with Gasteiger partial charge in [-0.25, -0.2) is 0 Å². The highest BCUT2D eigenvalue weighted by Crippen LogP contribution is 2.28. The summed E-state index contributed by atoms with van der Waals surface area (Å²) in [6, 6.07) is 14.8. The van der Waals surface area contributed by atoms with Crippen molar-refractivity contribution in [3.8, 4) is 0 Å². The number of rotatable bonds is 3. The standard InChI is InChI=1S/C24H24N2O3/c1-15-6-5-7-16(2)26(15)24(29)17-10-12-18(13-11-17)25-21-14-22(27)23(28)20-9-4-3-8-19(20)21/h3-4,8-16,25H,5-7H2,1-2H3/t15-,16-/m0/s1. The Morgan fingerprint density at radius 1 is 0.931 bits per heavy atom. The first-order valence-corrected chi connectivity index (χ1v) is 10.0. The van der Waals surface area contributed by atoms with Gasteiger partial charge in [-0.05, 0) is 57.4 Å². The van der Waals surface area contributed by atoms with E-state index in [1.54, 1.807) is 24.3 Å². The first-order chi connectivity index (χ1) is 14.0. The van der Waals surface area contributed by atoms with E-state index >= 15 is 0 Å². The molecule has 29 heavy (non-hydrogen) atoms. The predicted octanol–water partition coefficient (Wildman–Crippen LogP) is 4.31. The third-order valence-electron chi connectivity index (χ3n) is 5.80. The number of Topliss-reactive ketones (excluding diaryl/α,β-unsaturated/α-hetero) is 1. The van der Waals surface area contributed by atoms with Crippen LogP contribution in [0.25, 0.3) is 5.70 Å². The number of allylic oxidation sites excluding steroid dienone is 1. The van der Waals surface area contributed by atoms with E-state index in [1.807, 2.05) is 29.2 Å². The molecule has 0 saturated carbocycles. The molecule has 1 aliphatic carbocycles. The van der Waals surface area contributed by atoms with Crippen LogP contribution in [-0.4, -0.2) is 34.5 Å². The van der Waals surface area contributed by atoms with Crippen molar-refractivity contribution in [1.82, 2.24) is 4.90 Å². The van der Waals surface area contributed by atoms with Crippen LogP contribution in [0, 0.1) is 0 Å². The summed E-state index contributed by atoms with van der Waals surface area (Å²) >= 11 is 0. The summed E-state index contributed by atoms with van der Waals surface area (Å²) in [7, 11) is 0. The lowest BCUT2D eigenvalue weighted by Crippen LogP contribution is -2.47. The molecule has 148 valence electrons. The molecule has 0 spiro atoms. The molecule has 0 aromatic heterocycles. The van der Waals surface area contributed by atoms with Crippen molar-refractivity contribution in [3.05, 3.63) is 71.3 Å². The van der Waals surface area contributed by atoms with Crippen molar-refractivity contribution in [2.75, 3.05) is 5.32 Å². The summed E-state index contributed by atoms with van der Waals surface area (Å²) < 4.78 is 0. The smallest absolute Gasteiger partial charge is 0.254 e. The van der Waals surface area contributed by atoms with Gasteiger partial charge in [0.1, 0.15) is 0 Å². The van der Waals surface area contributed by atoms with Gasteiger partial charge < -0.3 is 10.2 Å². The first kappa shape index (κ1) is 19.1. The Kier molecular flexibility index (Phi) is 5.05. The summed E-state index contributed by atoms with van der Waals surface area (Å²) in [5.74, 6) is -0.970. The van der Waals surface area contributed by atoms with Crippen LogP contribution < -0.4 is 5.32 Å². The Bertz CT molecular complexity index is 997. The molecule has 2 atom stereocenters. The molecule has 1 fully saturated rings. The number of fused-ring (bicyclic) bond motifs is 1. The number of nitrogens with zero attached hydrogens (tertiary/aromatic N) is 1. The molecule has 1 N–H and O–H groups in total. The molecule has 5 nitrogen and oxygen atoms in total. The topological polar surface area (TPSA) is 66.5 Å². The Balaban J connectivity index is 1.55. The Morgan fingerprint density at radius 3 is 2.21 bits per heavy atom. The fourth-order valence-corrected chi connectivity index (χ4v) is 4.25. The highest BCUT2D eigenvalue weighted by molar-refractivity contribution is 6.50. The second-order valence-corrected chi connectivity index (χ2v) is 7.84. The van der Waals surface area contributed by atoms with Crippen LogP contribution in [0.3, 0.4) is 0 Å². The van der Waals surface area contributed by atoms with Crippen LogP contribution in [-0.2, 0) is 4.79 Å². The van der Waals surface area contributed by atoms with Gasteiger partial charge in [0.15, 0.2) is 0 Å². The number of anilines is 1. The monoisotopic (exact) mass is 388 g/mol. The van der Waals surface area contributed by atoms with Crippen molar-refractivity contribution in [1.29, 1.82) is 0 Å². The lowest BCUT2D eigenvalue weighted by Gasteiger charge is -2.39. The molecule has 2 aliphatic rings. The van der Waals surface area contributed by atoms with Crippen LogP contribution in [0.2, 0.25) is 0 Å². The number of hydrogen-bond acceptors (Lipinski definition) is 4. The zero-order valence-corrected chi connectivity index (χ0v) is 16.6. The second-order valence-electron chi connectivity index (χ2n) is 7.84. The third-order valence-corrected chi connectivity index (χ3v) is 5.80. The normalized spacial score (nSPS) is 21.4. The van der Waals surface area contributed by atoms with E-state index in [4.69, 9.17) is 0 Å². The van der Waals surface area contributed by atoms with Gasteiger partial charge in [-0.3, -0.25) is 14.4 Å². The maximum Gasteiger partial charge on any atom is 0.254 e. The van der Waals surface area contributed by atoms with Crippen LogP contribution >= 0.6 is 0 Å². The number of carbonyl (C=O) groups excluding carboxylic acids is 3. The number of likely N-dealkylation sites (tertiary alicyclic amines) is 1. The van der Waals surface area contributed by atoms with E-state index in [2.05, 4.69) is 19.2 Å². The quantitative estimate of drug-likeness (QED) is 0.796. The van der Waals surface area contributed by atoms with Crippen LogP contribution in [0.1, 0.15) is 59.4 Å². The maximum atomic E-state index is 13.0. The summed E-state index contributed by atoms with van der Waals surface area (Å²) in [5.41, 5.74) is 3.10. The summed E-state index contributed by atoms with van der Waals surface area (Å²) in [6.45, 7) is 4.21. The molecule has 1 amide bonds. The summed E-state index contributed by atoms with van der Waals surface area (Å²) in [5, 5.41) is 3.21. The number of piperidine rings is 1. The van der Waals surface area contributed by atoms with E-state index in [9.17, 15) is 14.4 Å². The van der Waals surface area contributed by atoms with Gasteiger partial charge in [0.25, 0.3) is 5.91 Å². The zero-order chi connectivity index (χ0) is 20.5. The Hall–Kier alpha value is -3.21. The van der Waals surface area contributed by atoms with Crippen LogP contribution in [0.4, 0.5) is 5.69 Å². The first-order valence-electron chi connectivity index (χ1n) is 10.0. The molecular weight excluding hydrogens is 364 g/mol. The van der Waals surface area contributed by atoms with Crippen molar-refractivity contribution >= 4 is 28.9 Å². The molecule has 0 unspecified atom stereocenters. The zero-order valence-electron chi connectivity index (χ0n) is 16.6. The van der Waals surface area contributed by atoms with Gasteiger partial charge in [-0.2, -0.15) is 0 Å². The SMILES string of the molecule is C[C@H]1CCC[C@H](C)N1C(=O)c1ccc(NC2=CC(=O)C(=O)c3ccccc32)cc1. The number of nitrogens with one attached hydrogen (secondary N) is 1. The van der Waals surface area contributed by atoms with E-state index in [0.717, 1.165) is 24.9 Å². The van der Waals surface area contributed by atoms with Crippen molar-refractivity contribution in [2.45, 2.75) is 45.2 Å². The molecule has 1 saturated heterocycles. The van der Waals surface area contributed by atoms with Crippen LogP contribution in [0.15, 0.2) is 54.6 Å². The lowest BCUT2D eigenvalue weighted by atomic mass is 9.92. The maximum absolute atomic E-state index is 13.0. The number of ketones is 2. The van der Waals surface area contributed by atoms with Gasteiger partial charge in [0.05, 0.1) is 5.70 Å². The van der Waals surface area contributed by atoms with E-state index < -0.39 is 11.6 Å². The summed E-state index contributed by atoms with van der Waals surface area (Å²) in [4.78, 5) is 39.1. The van der Waals surface area contributed by atoms with Crippen molar-refractivity contribution in [2.24, 2.45) is 0 Å². The van der Waals surface area contributed by atoms with Crippen molar-refractivity contribution in [3.63, 3.8) is 0 Å². The fraction of sp³-hybridized carbons (Fsp3) is 0.292. The molecule has 5 heteroatoms. The molecule has 4 rings (SSSR count). The van der Waals surface area contributed by atoms with Crippen LogP contribution in [0.5, 0.6) is 0 Å². The fourth-order valence-electron chi connectivity index (χ4n) is 4.25. The molecule has 2 aromatic carbocycles. The van der Waals surface area contributed by atoms with Crippen molar-refractivity contribution < 1.29 is 14.4 Å². The molecule has 1 heterocycles. The van der Waals surface area contributed by atoms with Gasteiger partial charge in [-0.15, -0.1) is 0 Å². The highest BCUT2D eigenvalue weighted by Gasteiger charge is 2.29. The van der Waals surface area contributed by atoms with Gasteiger partial charge in [-0.1, -0.05) is 24.3 Å². The number of carbonyl (C=O) groups is 3. The highest BCUT2D eigenvalue weighted by atomic mass is 16.2. The molecule has 1 aliphatic heterocycles. The minimum Gasteiger partial charge on any atom is -0.355 e. The lowest BCUT2D eigenvalue weighted by molar-refractivity contribution is -0.111. The molecule has 0 radical (unpaired) electrons. The van der Waals surface area contributed by atoms with E-state index in [0.29, 0.717) is 22.4 Å². The average Bonchev–Trinajstić information content (AvgIpc) is 2.72. The third kappa shape index (κ3) is 3.60. The Morgan fingerprint density at radius 2 is 1.55 bits per heavy atom. The molecule has 2 aromatic rings. The minimum atomic E-state index is -0.536. The van der Waals surface area contributed by atoms with E-state index in [-0.39, 0.29) is 18.0 Å².